The molecule has 0 amide bonds. The first-order chi connectivity index (χ1) is 11.7. The highest BCUT2D eigenvalue weighted by Gasteiger charge is 2.24. The molecular weight excluding hydrogens is 300 g/mol. The zero-order chi connectivity index (χ0) is 16.9. The van der Waals surface area contributed by atoms with E-state index in [0.717, 1.165) is 44.8 Å². The summed E-state index contributed by atoms with van der Waals surface area (Å²) in [6.45, 7) is 3.90. The lowest BCUT2D eigenvalue weighted by molar-refractivity contribution is 0.372. The van der Waals surface area contributed by atoms with Gasteiger partial charge in [-0.05, 0) is 39.1 Å². The highest BCUT2D eigenvalue weighted by atomic mass is 15.2. The maximum Gasteiger partial charge on any atom is 0.142 e. The van der Waals surface area contributed by atoms with E-state index in [4.69, 9.17) is 5.26 Å². The molecular formula is C18H24N6. The van der Waals surface area contributed by atoms with E-state index < -0.39 is 0 Å². The van der Waals surface area contributed by atoms with Gasteiger partial charge in [0.15, 0.2) is 0 Å². The monoisotopic (exact) mass is 324 g/mol. The minimum Gasteiger partial charge on any atom is -0.357 e. The lowest BCUT2D eigenvalue weighted by atomic mass is 9.96. The van der Waals surface area contributed by atoms with Crippen LogP contribution in [0.2, 0.25) is 0 Å². The molecule has 0 aliphatic carbocycles. The molecule has 1 aliphatic rings. The summed E-state index contributed by atoms with van der Waals surface area (Å²) in [6, 6.07) is 7.75. The smallest absolute Gasteiger partial charge is 0.142 e. The van der Waals surface area contributed by atoms with Crippen molar-refractivity contribution in [3.05, 3.63) is 42.1 Å². The first-order valence-electron chi connectivity index (χ1n) is 8.45. The lowest BCUT2D eigenvalue weighted by Crippen LogP contribution is -2.34. The van der Waals surface area contributed by atoms with Crippen LogP contribution in [-0.4, -0.2) is 53.2 Å². The zero-order valence-electron chi connectivity index (χ0n) is 14.4. The van der Waals surface area contributed by atoms with Crippen LogP contribution in [0.4, 0.5) is 5.82 Å². The normalized spacial score (nSPS) is 15.7. The third kappa shape index (κ3) is 3.74. The molecule has 0 atom stereocenters. The predicted molar refractivity (Wildman–Crippen MR) is 93.9 cm³/mol. The van der Waals surface area contributed by atoms with Gasteiger partial charge < -0.3 is 14.4 Å². The molecule has 0 unspecified atom stereocenters. The Labute approximate surface area is 143 Å². The van der Waals surface area contributed by atoms with Gasteiger partial charge in [0.1, 0.15) is 23.4 Å². The van der Waals surface area contributed by atoms with E-state index in [1.165, 1.54) is 5.82 Å². The molecule has 0 spiro atoms. The molecule has 24 heavy (non-hydrogen) atoms. The number of pyridine rings is 1. The van der Waals surface area contributed by atoms with Crippen molar-refractivity contribution >= 4 is 5.82 Å². The molecule has 6 heteroatoms. The Bertz CT molecular complexity index is 706. The summed E-state index contributed by atoms with van der Waals surface area (Å²) in [6.07, 6.45) is 6.13. The minimum absolute atomic E-state index is 0.480. The number of hydrogen-bond acceptors (Lipinski definition) is 5. The summed E-state index contributed by atoms with van der Waals surface area (Å²) in [5.41, 5.74) is 0.480. The van der Waals surface area contributed by atoms with Crippen molar-refractivity contribution in [3.63, 3.8) is 0 Å². The average Bonchev–Trinajstić information content (AvgIpc) is 3.09. The van der Waals surface area contributed by atoms with Crippen LogP contribution >= 0.6 is 0 Å². The summed E-state index contributed by atoms with van der Waals surface area (Å²) in [5.74, 6) is 2.61. The molecule has 1 fully saturated rings. The Morgan fingerprint density at radius 2 is 2.08 bits per heavy atom. The van der Waals surface area contributed by atoms with E-state index in [-0.39, 0.29) is 0 Å². The fourth-order valence-corrected chi connectivity index (χ4v) is 3.21. The average molecular weight is 324 g/mol. The van der Waals surface area contributed by atoms with E-state index in [9.17, 15) is 0 Å². The van der Waals surface area contributed by atoms with Gasteiger partial charge in [-0.25, -0.2) is 9.97 Å². The Morgan fingerprint density at radius 1 is 1.29 bits per heavy atom. The zero-order valence-corrected chi connectivity index (χ0v) is 14.4. The Morgan fingerprint density at radius 3 is 2.79 bits per heavy atom. The van der Waals surface area contributed by atoms with Crippen LogP contribution in [0, 0.1) is 11.3 Å². The Balaban J connectivity index is 1.63. The van der Waals surface area contributed by atoms with Crippen LogP contribution < -0.4 is 4.90 Å². The van der Waals surface area contributed by atoms with Crippen molar-refractivity contribution in [2.75, 3.05) is 38.6 Å². The van der Waals surface area contributed by atoms with E-state index in [1.807, 2.05) is 18.3 Å². The second kappa shape index (κ2) is 7.45. The maximum atomic E-state index is 9.00. The molecule has 0 N–H and O–H groups in total. The topological polar surface area (TPSA) is 61.0 Å². The molecule has 126 valence electrons. The number of anilines is 1. The third-order valence-electron chi connectivity index (χ3n) is 4.57. The van der Waals surface area contributed by atoms with Gasteiger partial charge in [0, 0.05) is 44.5 Å². The van der Waals surface area contributed by atoms with E-state index in [0.29, 0.717) is 11.6 Å². The van der Waals surface area contributed by atoms with Crippen LogP contribution in [0.5, 0.6) is 0 Å². The van der Waals surface area contributed by atoms with Gasteiger partial charge in [-0.3, -0.25) is 0 Å². The highest BCUT2D eigenvalue weighted by molar-refractivity contribution is 5.42. The summed E-state index contributed by atoms with van der Waals surface area (Å²) >= 11 is 0. The second-order valence-corrected chi connectivity index (χ2v) is 6.54. The van der Waals surface area contributed by atoms with Gasteiger partial charge in [0.05, 0.1) is 0 Å². The van der Waals surface area contributed by atoms with Crippen molar-refractivity contribution < 1.29 is 0 Å². The summed E-state index contributed by atoms with van der Waals surface area (Å²) in [4.78, 5) is 13.5. The molecule has 3 rings (SSSR count). The van der Waals surface area contributed by atoms with E-state index >= 15 is 0 Å². The van der Waals surface area contributed by atoms with Gasteiger partial charge in [0.2, 0.25) is 0 Å². The number of likely N-dealkylation sites (N-methyl/N-ethyl adjacent to an activating group) is 1. The summed E-state index contributed by atoms with van der Waals surface area (Å²) < 4.78 is 2.29. The number of rotatable bonds is 5. The van der Waals surface area contributed by atoms with Gasteiger partial charge in [-0.2, -0.15) is 5.26 Å². The molecule has 2 aromatic heterocycles. The summed E-state index contributed by atoms with van der Waals surface area (Å²) in [7, 11) is 4.19. The Hall–Kier alpha value is -2.39. The number of hydrogen-bond donors (Lipinski definition) is 0. The molecule has 3 heterocycles. The lowest BCUT2D eigenvalue weighted by Gasteiger charge is -2.32. The van der Waals surface area contributed by atoms with Crippen molar-refractivity contribution in [2.45, 2.75) is 25.3 Å². The number of nitriles is 1. The quantitative estimate of drug-likeness (QED) is 0.843. The molecule has 0 aromatic carbocycles. The molecule has 6 nitrogen and oxygen atoms in total. The van der Waals surface area contributed by atoms with Crippen molar-refractivity contribution in [3.8, 4) is 6.07 Å². The maximum absolute atomic E-state index is 9.00. The van der Waals surface area contributed by atoms with Crippen LogP contribution in [0.25, 0.3) is 0 Å². The van der Waals surface area contributed by atoms with Gasteiger partial charge in [0.25, 0.3) is 0 Å². The predicted octanol–water partition coefficient (Wildman–Crippen LogP) is 2.10. The third-order valence-corrected chi connectivity index (χ3v) is 4.57. The van der Waals surface area contributed by atoms with Gasteiger partial charge >= 0.3 is 0 Å². The van der Waals surface area contributed by atoms with Crippen molar-refractivity contribution in [2.24, 2.45) is 0 Å². The largest absolute Gasteiger partial charge is 0.357 e. The Kier molecular flexibility index (Phi) is 5.11. The number of aromatic nitrogens is 3. The number of imidazole rings is 1. The van der Waals surface area contributed by atoms with Gasteiger partial charge in [-0.15, -0.1) is 0 Å². The van der Waals surface area contributed by atoms with Crippen LogP contribution in [0.3, 0.4) is 0 Å². The van der Waals surface area contributed by atoms with Crippen LogP contribution in [0.15, 0.2) is 30.6 Å². The first kappa shape index (κ1) is 16.5. The number of nitrogens with zero attached hydrogens (tertiary/aromatic N) is 6. The standard InChI is InChI=1S/C18H24N6/c1-22(2)12-13-24-11-8-20-18(24)15-6-9-23(10-7-15)17-5-3-4-16(14-19)21-17/h3-5,8,11,15H,6-7,9-10,12-13H2,1-2H3. The molecule has 1 aliphatic heterocycles. The minimum atomic E-state index is 0.480. The van der Waals surface area contributed by atoms with Crippen LogP contribution in [-0.2, 0) is 6.54 Å². The first-order valence-corrected chi connectivity index (χ1v) is 8.45. The fraction of sp³-hybridized carbons (Fsp3) is 0.500. The summed E-state index contributed by atoms with van der Waals surface area (Å²) in [5, 5.41) is 9.00. The van der Waals surface area contributed by atoms with E-state index in [2.05, 4.69) is 50.7 Å². The molecule has 2 aromatic rings. The molecule has 0 radical (unpaired) electrons. The molecule has 0 saturated carbocycles. The van der Waals surface area contributed by atoms with Crippen molar-refractivity contribution in [1.82, 2.24) is 19.4 Å². The highest BCUT2D eigenvalue weighted by Crippen LogP contribution is 2.29. The second-order valence-electron chi connectivity index (χ2n) is 6.54. The SMILES string of the molecule is CN(C)CCn1ccnc1C1CCN(c2cccc(C#N)n2)CC1. The van der Waals surface area contributed by atoms with Crippen LogP contribution in [0.1, 0.15) is 30.3 Å². The fourth-order valence-electron chi connectivity index (χ4n) is 3.21. The van der Waals surface area contributed by atoms with Gasteiger partial charge in [-0.1, -0.05) is 6.07 Å². The van der Waals surface area contributed by atoms with Crippen molar-refractivity contribution in [1.29, 1.82) is 5.26 Å². The molecule has 1 saturated heterocycles. The van der Waals surface area contributed by atoms with E-state index in [1.54, 1.807) is 6.07 Å². The number of piperidine rings is 1. The molecule has 0 bridgehead atoms.